The van der Waals surface area contributed by atoms with E-state index in [0.29, 0.717) is 18.8 Å². The lowest BCUT2D eigenvalue weighted by atomic mass is 10.1. The number of hydrogen-bond acceptors (Lipinski definition) is 4. The number of nitro benzene ring substituents is 1. The van der Waals surface area contributed by atoms with Gasteiger partial charge in [-0.25, -0.2) is 0 Å². The second-order valence-electron chi connectivity index (χ2n) is 4.37. The van der Waals surface area contributed by atoms with Gasteiger partial charge in [-0.3, -0.25) is 10.1 Å². The largest absolute Gasteiger partial charge is 0.379 e. The van der Waals surface area contributed by atoms with Gasteiger partial charge in [-0.05, 0) is 11.1 Å². The van der Waals surface area contributed by atoms with Gasteiger partial charge in [-0.15, -0.1) is 0 Å². The maximum Gasteiger partial charge on any atom is 0.272 e. The van der Waals surface area contributed by atoms with E-state index < -0.39 is 4.92 Å². The molecular weight excluding hydrogens is 313 g/mol. The van der Waals surface area contributed by atoms with E-state index >= 15 is 0 Å². The first kappa shape index (κ1) is 15.6. The van der Waals surface area contributed by atoms with Crippen molar-refractivity contribution in [3.8, 4) is 0 Å². The Balaban J connectivity index is 2.22. The number of anilines is 1. The summed E-state index contributed by atoms with van der Waals surface area (Å²) in [7, 11) is 0. The van der Waals surface area contributed by atoms with Crippen LogP contribution in [0.2, 0.25) is 10.0 Å². The first-order chi connectivity index (χ1) is 10.0. The Hall–Kier alpha value is -1.82. The van der Waals surface area contributed by atoms with Gasteiger partial charge in [0, 0.05) is 25.2 Å². The second-order valence-corrected chi connectivity index (χ2v) is 5.18. The fraction of sp³-hybridized carbons (Fsp3) is 0.143. The van der Waals surface area contributed by atoms with E-state index in [1.165, 1.54) is 12.1 Å². The SMILES string of the molecule is NCc1ccccc1CNc1c(Cl)cc([N+](=O)[O-])cc1Cl. The van der Waals surface area contributed by atoms with Crippen LogP contribution in [-0.2, 0) is 13.1 Å². The fourth-order valence-corrected chi connectivity index (χ4v) is 2.56. The number of nitro groups is 1. The quantitative estimate of drug-likeness (QED) is 0.643. The molecule has 0 fully saturated rings. The molecule has 0 spiro atoms. The normalized spacial score (nSPS) is 10.4. The summed E-state index contributed by atoms with van der Waals surface area (Å²) in [4.78, 5) is 10.2. The van der Waals surface area contributed by atoms with Gasteiger partial charge in [0.15, 0.2) is 0 Å². The van der Waals surface area contributed by atoms with Gasteiger partial charge in [0.1, 0.15) is 0 Å². The van der Waals surface area contributed by atoms with Crippen molar-refractivity contribution >= 4 is 34.6 Å². The van der Waals surface area contributed by atoms with E-state index in [-0.39, 0.29) is 15.7 Å². The first-order valence-corrected chi connectivity index (χ1v) is 6.92. The zero-order chi connectivity index (χ0) is 15.4. The minimum absolute atomic E-state index is 0.141. The van der Waals surface area contributed by atoms with Crippen LogP contribution < -0.4 is 11.1 Å². The number of halogens is 2. The lowest BCUT2D eigenvalue weighted by Gasteiger charge is -2.12. The molecule has 3 N–H and O–H groups in total. The number of benzene rings is 2. The molecule has 110 valence electrons. The summed E-state index contributed by atoms with van der Waals surface area (Å²) in [6, 6.07) is 10.3. The molecule has 0 aromatic heterocycles. The third-order valence-corrected chi connectivity index (χ3v) is 3.63. The number of nitrogens with one attached hydrogen (secondary N) is 1. The fourth-order valence-electron chi connectivity index (χ4n) is 1.95. The number of nitrogens with zero attached hydrogens (tertiary/aromatic N) is 1. The Bertz CT molecular complexity index is 654. The molecule has 0 amide bonds. The van der Waals surface area contributed by atoms with Crippen molar-refractivity contribution in [2.45, 2.75) is 13.1 Å². The molecule has 0 heterocycles. The van der Waals surface area contributed by atoms with Gasteiger partial charge < -0.3 is 11.1 Å². The van der Waals surface area contributed by atoms with Crippen LogP contribution in [0.15, 0.2) is 36.4 Å². The number of nitrogens with two attached hydrogens (primary N) is 1. The Labute approximate surface area is 131 Å². The highest BCUT2D eigenvalue weighted by molar-refractivity contribution is 6.39. The molecule has 2 aromatic rings. The van der Waals surface area contributed by atoms with Crippen LogP contribution in [0.1, 0.15) is 11.1 Å². The average molecular weight is 326 g/mol. The van der Waals surface area contributed by atoms with Gasteiger partial charge in [0.25, 0.3) is 5.69 Å². The third-order valence-electron chi connectivity index (χ3n) is 3.03. The van der Waals surface area contributed by atoms with Crippen molar-refractivity contribution in [3.63, 3.8) is 0 Å². The van der Waals surface area contributed by atoms with Crippen LogP contribution in [0.25, 0.3) is 0 Å². The highest BCUT2D eigenvalue weighted by atomic mass is 35.5. The van der Waals surface area contributed by atoms with E-state index in [0.717, 1.165) is 11.1 Å². The summed E-state index contributed by atoms with van der Waals surface area (Å²) in [5, 5.41) is 14.2. The zero-order valence-electron chi connectivity index (χ0n) is 11.0. The standard InChI is InChI=1S/C14H13Cl2N3O2/c15-12-5-11(19(20)21)6-13(16)14(12)18-8-10-4-2-1-3-9(10)7-17/h1-6,18H,7-8,17H2. The first-order valence-electron chi connectivity index (χ1n) is 6.17. The molecule has 0 aliphatic carbocycles. The molecule has 0 radical (unpaired) electrons. The molecule has 0 saturated heterocycles. The Morgan fingerprint density at radius 2 is 1.71 bits per heavy atom. The van der Waals surface area contributed by atoms with E-state index in [2.05, 4.69) is 5.32 Å². The zero-order valence-corrected chi connectivity index (χ0v) is 12.5. The minimum atomic E-state index is -0.536. The van der Waals surface area contributed by atoms with E-state index in [4.69, 9.17) is 28.9 Å². The topological polar surface area (TPSA) is 81.2 Å². The highest BCUT2D eigenvalue weighted by Crippen LogP contribution is 2.35. The van der Waals surface area contributed by atoms with Gasteiger partial charge in [0.2, 0.25) is 0 Å². The van der Waals surface area contributed by atoms with E-state index in [9.17, 15) is 10.1 Å². The van der Waals surface area contributed by atoms with Gasteiger partial charge >= 0.3 is 0 Å². The van der Waals surface area contributed by atoms with Crippen molar-refractivity contribution in [2.24, 2.45) is 5.73 Å². The minimum Gasteiger partial charge on any atom is -0.379 e. The molecule has 7 heteroatoms. The third kappa shape index (κ3) is 3.64. The molecule has 0 saturated carbocycles. The van der Waals surface area contributed by atoms with Crippen molar-refractivity contribution in [1.29, 1.82) is 0 Å². The van der Waals surface area contributed by atoms with Gasteiger partial charge in [-0.2, -0.15) is 0 Å². The molecule has 0 unspecified atom stereocenters. The Morgan fingerprint density at radius 3 is 2.24 bits per heavy atom. The molecular formula is C14H13Cl2N3O2. The van der Waals surface area contributed by atoms with E-state index in [1.54, 1.807) is 0 Å². The molecule has 5 nitrogen and oxygen atoms in total. The smallest absolute Gasteiger partial charge is 0.272 e. The number of hydrogen-bond donors (Lipinski definition) is 2. The summed E-state index contributed by atoms with van der Waals surface area (Å²) in [6.45, 7) is 0.907. The molecule has 0 aliphatic rings. The van der Waals surface area contributed by atoms with Gasteiger partial charge in [-0.1, -0.05) is 47.5 Å². The summed E-state index contributed by atoms with van der Waals surface area (Å²) < 4.78 is 0. The van der Waals surface area contributed by atoms with Gasteiger partial charge in [0.05, 0.1) is 20.7 Å². The molecule has 0 bridgehead atoms. The molecule has 2 rings (SSSR count). The highest BCUT2D eigenvalue weighted by Gasteiger charge is 2.14. The maximum atomic E-state index is 10.7. The lowest BCUT2D eigenvalue weighted by molar-refractivity contribution is -0.384. The van der Waals surface area contributed by atoms with Crippen molar-refractivity contribution in [3.05, 3.63) is 67.7 Å². The number of rotatable bonds is 5. The van der Waals surface area contributed by atoms with Crippen molar-refractivity contribution in [2.75, 3.05) is 5.32 Å². The molecule has 2 aromatic carbocycles. The second kappa shape index (κ2) is 6.76. The monoisotopic (exact) mass is 325 g/mol. The predicted octanol–water partition coefficient (Wildman–Crippen LogP) is 3.97. The molecule has 0 atom stereocenters. The summed E-state index contributed by atoms with van der Waals surface area (Å²) in [6.07, 6.45) is 0. The van der Waals surface area contributed by atoms with Crippen LogP contribution in [0.3, 0.4) is 0 Å². The van der Waals surface area contributed by atoms with Crippen molar-refractivity contribution < 1.29 is 4.92 Å². The Kier molecular flexibility index (Phi) is 5.01. The van der Waals surface area contributed by atoms with Crippen LogP contribution >= 0.6 is 23.2 Å². The Morgan fingerprint density at radius 1 is 1.14 bits per heavy atom. The van der Waals surface area contributed by atoms with Crippen LogP contribution in [0.5, 0.6) is 0 Å². The van der Waals surface area contributed by atoms with Crippen LogP contribution in [0.4, 0.5) is 11.4 Å². The summed E-state index contributed by atoms with van der Waals surface area (Å²) in [5.74, 6) is 0. The average Bonchev–Trinajstić information content (AvgIpc) is 2.46. The van der Waals surface area contributed by atoms with E-state index in [1.807, 2.05) is 24.3 Å². The molecule has 0 aliphatic heterocycles. The predicted molar refractivity (Wildman–Crippen MR) is 84.8 cm³/mol. The van der Waals surface area contributed by atoms with Crippen molar-refractivity contribution in [1.82, 2.24) is 0 Å². The maximum absolute atomic E-state index is 10.7. The summed E-state index contributed by atoms with van der Waals surface area (Å²) in [5.41, 5.74) is 8.04. The van der Waals surface area contributed by atoms with Crippen LogP contribution in [-0.4, -0.2) is 4.92 Å². The summed E-state index contributed by atoms with van der Waals surface area (Å²) >= 11 is 12.1. The molecule has 21 heavy (non-hydrogen) atoms. The lowest BCUT2D eigenvalue weighted by Crippen LogP contribution is -2.07. The van der Waals surface area contributed by atoms with Crippen LogP contribution in [0, 0.1) is 10.1 Å². The number of non-ortho nitro benzene ring substituents is 1.